The fourth-order valence-corrected chi connectivity index (χ4v) is 2.83. The van der Waals surface area contributed by atoms with Crippen LogP contribution >= 0.6 is 11.6 Å². The van der Waals surface area contributed by atoms with Crippen molar-refractivity contribution in [3.05, 3.63) is 62.7 Å². The number of hydrogen-bond acceptors (Lipinski definition) is 5. The molecule has 2 rings (SSSR count). The van der Waals surface area contributed by atoms with Gasteiger partial charge >= 0.3 is 0 Å². The molecule has 0 unspecified atom stereocenters. The first-order valence-corrected chi connectivity index (χ1v) is 8.11. The summed E-state index contributed by atoms with van der Waals surface area (Å²) in [6, 6.07) is 8.86. The number of nitro groups is 1. The zero-order valence-electron chi connectivity index (χ0n) is 14.9. The minimum absolute atomic E-state index is 0.0237. The van der Waals surface area contributed by atoms with Crippen molar-refractivity contribution in [1.29, 1.82) is 0 Å². The van der Waals surface area contributed by atoms with Crippen LogP contribution in [0.2, 0.25) is 5.02 Å². The van der Waals surface area contributed by atoms with Crippen molar-refractivity contribution in [1.82, 2.24) is 4.90 Å². The van der Waals surface area contributed by atoms with Gasteiger partial charge in [-0.2, -0.15) is 0 Å². The van der Waals surface area contributed by atoms with E-state index in [2.05, 4.69) is 0 Å². The average Bonchev–Trinajstić information content (AvgIpc) is 2.65. The van der Waals surface area contributed by atoms with E-state index in [0.29, 0.717) is 22.6 Å². The number of rotatable bonds is 6. The molecule has 0 fully saturated rings. The number of hydrogen-bond donors (Lipinski definition) is 0. The highest BCUT2D eigenvalue weighted by Gasteiger charge is 2.23. The highest BCUT2D eigenvalue weighted by Crippen LogP contribution is 2.36. The maximum atomic E-state index is 12.8. The van der Waals surface area contributed by atoms with Crippen LogP contribution in [0.15, 0.2) is 36.4 Å². The standard InChI is InChI=1S/C18H19ClN2O5/c1-11(12-6-5-7-14(8-12)21(23)24)20(2)18(22)13-9-15(19)17(26-4)16(10-13)25-3/h5-11H,1-4H3/t11-/m0/s1. The van der Waals surface area contributed by atoms with Crippen LogP contribution in [0.4, 0.5) is 5.69 Å². The van der Waals surface area contributed by atoms with E-state index in [1.807, 2.05) is 0 Å². The van der Waals surface area contributed by atoms with Gasteiger partial charge in [-0.15, -0.1) is 0 Å². The zero-order valence-corrected chi connectivity index (χ0v) is 15.6. The molecule has 0 bridgehead atoms. The fraction of sp³-hybridized carbons (Fsp3) is 0.278. The molecule has 0 aliphatic rings. The van der Waals surface area contributed by atoms with Crippen LogP contribution in [-0.4, -0.2) is 37.0 Å². The predicted molar refractivity (Wildman–Crippen MR) is 98.2 cm³/mol. The molecule has 26 heavy (non-hydrogen) atoms. The van der Waals surface area contributed by atoms with E-state index in [4.69, 9.17) is 21.1 Å². The number of carbonyl (C=O) groups excluding carboxylic acids is 1. The molecule has 0 saturated heterocycles. The number of ether oxygens (including phenoxy) is 2. The Hall–Kier alpha value is -2.80. The molecule has 8 heteroatoms. The molecular weight excluding hydrogens is 360 g/mol. The number of nitrogens with zero attached hydrogens (tertiary/aromatic N) is 2. The summed E-state index contributed by atoms with van der Waals surface area (Å²) in [4.78, 5) is 24.8. The van der Waals surface area contributed by atoms with Crippen LogP contribution < -0.4 is 9.47 Å². The van der Waals surface area contributed by atoms with Gasteiger partial charge < -0.3 is 14.4 Å². The Morgan fingerprint density at radius 2 is 1.92 bits per heavy atom. The number of methoxy groups -OCH3 is 2. The average molecular weight is 379 g/mol. The second kappa shape index (κ2) is 8.05. The van der Waals surface area contributed by atoms with Gasteiger partial charge in [0, 0.05) is 24.7 Å². The second-order valence-corrected chi connectivity index (χ2v) is 6.04. The van der Waals surface area contributed by atoms with Gasteiger partial charge in [0.05, 0.1) is 30.2 Å². The lowest BCUT2D eigenvalue weighted by Gasteiger charge is -2.26. The number of carbonyl (C=O) groups is 1. The lowest BCUT2D eigenvalue weighted by Crippen LogP contribution is -2.29. The van der Waals surface area contributed by atoms with Gasteiger partial charge in [-0.25, -0.2) is 0 Å². The molecule has 0 aliphatic carbocycles. The Morgan fingerprint density at radius 1 is 1.23 bits per heavy atom. The Balaban J connectivity index is 2.33. The topological polar surface area (TPSA) is 81.9 Å². The van der Waals surface area contributed by atoms with Gasteiger partial charge in [-0.1, -0.05) is 23.7 Å². The predicted octanol–water partition coefficient (Wildman–Crippen LogP) is 4.10. The fourth-order valence-electron chi connectivity index (χ4n) is 2.54. The molecule has 0 heterocycles. The first-order chi connectivity index (χ1) is 12.3. The van der Waals surface area contributed by atoms with Crippen LogP contribution in [0.25, 0.3) is 0 Å². The minimum atomic E-state index is -0.466. The second-order valence-electron chi connectivity index (χ2n) is 5.64. The highest BCUT2D eigenvalue weighted by atomic mass is 35.5. The molecule has 2 aromatic rings. The van der Waals surface area contributed by atoms with Crippen LogP contribution in [-0.2, 0) is 0 Å². The highest BCUT2D eigenvalue weighted by molar-refractivity contribution is 6.32. The Labute approximate surface area is 156 Å². The summed E-state index contributed by atoms with van der Waals surface area (Å²) >= 11 is 6.16. The molecule has 7 nitrogen and oxygen atoms in total. The van der Waals surface area contributed by atoms with Gasteiger partial charge in [0.1, 0.15) is 0 Å². The van der Waals surface area contributed by atoms with Gasteiger partial charge in [0.2, 0.25) is 0 Å². The third kappa shape index (κ3) is 3.88. The molecule has 0 aromatic heterocycles. The lowest BCUT2D eigenvalue weighted by molar-refractivity contribution is -0.384. The molecule has 0 radical (unpaired) electrons. The maximum absolute atomic E-state index is 12.8. The molecule has 0 aliphatic heterocycles. The lowest BCUT2D eigenvalue weighted by atomic mass is 10.1. The van der Waals surface area contributed by atoms with Crippen molar-refractivity contribution in [2.24, 2.45) is 0 Å². The Bertz CT molecular complexity index is 840. The zero-order chi connectivity index (χ0) is 19.4. The van der Waals surface area contributed by atoms with E-state index in [0.717, 1.165) is 0 Å². The Morgan fingerprint density at radius 3 is 2.50 bits per heavy atom. The molecule has 0 saturated carbocycles. The monoisotopic (exact) mass is 378 g/mol. The van der Waals surface area contributed by atoms with Crippen LogP contribution in [0.1, 0.15) is 28.9 Å². The van der Waals surface area contributed by atoms with Crippen molar-refractivity contribution >= 4 is 23.2 Å². The third-order valence-electron chi connectivity index (χ3n) is 4.15. The summed E-state index contributed by atoms with van der Waals surface area (Å²) in [6.07, 6.45) is 0. The number of halogens is 1. The van der Waals surface area contributed by atoms with E-state index in [1.54, 1.807) is 32.2 Å². The Kier molecular flexibility index (Phi) is 6.05. The molecule has 1 amide bonds. The van der Waals surface area contributed by atoms with Gasteiger partial charge in [0.15, 0.2) is 11.5 Å². The summed E-state index contributed by atoms with van der Waals surface area (Å²) in [5, 5.41) is 11.2. The largest absolute Gasteiger partial charge is 0.493 e. The normalized spacial score (nSPS) is 11.6. The molecule has 138 valence electrons. The van der Waals surface area contributed by atoms with Crippen LogP contribution in [0.3, 0.4) is 0 Å². The summed E-state index contributed by atoms with van der Waals surface area (Å²) in [5.74, 6) is 0.395. The first-order valence-electron chi connectivity index (χ1n) is 7.73. The van der Waals surface area contributed by atoms with E-state index in [1.165, 1.54) is 37.3 Å². The molecule has 1 atom stereocenters. The van der Waals surface area contributed by atoms with E-state index >= 15 is 0 Å². The summed E-state index contributed by atoms with van der Waals surface area (Å²) in [7, 11) is 4.54. The van der Waals surface area contributed by atoms with E-state index in [-0.39, 0.29) is 22.7 Å². The van der Waals surface area contributed by atoms with Crippen molar-refractivity contribution in [2.45, 2.75) is 13.0 Å². The smallest absolute Gasteiger partial charge is 0.269 e. The van der Waals surface area contributed by atoms with Gasteiger partial charge in [-0.05, 0) is 24.6 Å². The molecule has 0 N–H and O–H groups in total. The number of nitro benzene ring substituents is 1. The van der Waals surface area contributed by atoms with Crippen LogP contribution in [0, 0.1) is 10.1 Å². The minimum Gasteiger partial charge on any atom is -0.493 e. The summed E-state index contributed by atoms with van der Waals surface area (Å²) in [5.41, 5.74) is 0.957. The number of benzene rings is 2. The van der Waals surface area contributed by atoms with E-state index in [9.17, 15) is 14.9 Å². The van der Waals surface area contributed by atoms with Crippen molar-refractivity contribution < 1.29 is 19.2 Å². The maximum Gasteiger partial charge on any atom is 0.269 e. The third-order valence-corrected chi connectivity index (χ3v) is 4.43. The summed E-state index contributed by atoms with van der Waals surface area (Å²) in [6.45, 7) is 1.79. The van der Waals surface area contributed by atoms with Crippen LogP contribution in [0.5, 0.6) is 11.5 Å². The van der Waals surface area contributed by atoms with Gasteiger partial charge in [-0.3, -0.25) is 14.9 Å². The first kappa shape index (κ1) is 19.5. The van der Waals surface area contributed by atoms with Crippen molar-refractivity contribution in [3.8, 4) is 11.5 Å². The quantitative estimate of drug-likeness (QED) is 0.558. The van der Waals surface area contributed by atoms with Crippen molar-refractivity contribution in [3.63, 3.8) is 0 Å². The summed E-state index contributed by atoms with van der Waals surface area (Å²) < 4.78 is 10.4. The number of amides is 1. The molecule has 2 aromatic carbocycles. The SMILES string of the molecule is COc1cc(C(=O)N(C)[C@@H](C)c2cccc([N+](=O)[O-])c2)cc(Cl)c1OC. The molecule has 0 spiro atoms. The number of non-ortho nitro benzene ring substituents is 1. The molecular formula is C18H19ClN2O5. The van der Waals surface area contributed by atoms with Crippen molar-refractivity contribution in [2.75, 3.05) is 21.3 Å². The van der Waals surface area contributed by atoms with E-state index < -0.39 is 4.92 Å². The van der Waals surface area contributed by atoms with Gasteiger partial charge in [0.25, 0.3) is 11.6 Å².